The van der Waals surface area contributed by atoms with Gasteiger partial charge in [0.1, 0.15) is 0 Å². The zero-order chi connectivity index (χ0) is 14.4. The van der Waals surface area contributed by atoms with Gasteiger partial charge in [-0.2, -0.15) is 4.98 Å². The summed E-state index contributed by atoms with van der Waals surface area (Å²) in [7, 11) is 1.67. The first-order chi connectivity index (χ1) is 10.2. The van der Waals surface area contributed by atoms with Gasteiger partial charge in [0.05, 0.1) is 12.5 Å². The van der Waals surface area contributed by atoms with Gasteiger partial charge in [-0.1, -0.05) is 5.16 Å². The molecule has 0 saturated heterocycles. The predicted octanol–water partition coefficient (Wildman–Crippen LogP) is 2.05. The Labute approximate surface area is 125 Å². The number of nitrogens with two attached hydrogens (primary N) is 1. The Kier molecular flexibility index (Phi) is 3.30. The highest BCUT2D eigenvalue weighted by Crippen LogP contribution is 2.60. The Morgan fingerprint density at radius 3 is 2.38 bits per heavy atom. The molecule has 0 amide bonds. The number of aromatic nitrogens is 2. The van der Waals surface area contributed by atoms with Crippen molar-refractivity contribution in [1.82, 2.24) is 10.1 Å². The van der Waals surface area contributed by atoms with E-state index in [0.717, 1.165) is 23.6 Å². The molecule has 0 aliphatic heterocycles. The van der Waals surface area contributed by atoms with Crippen LogP contribution in [0.2, 0.25) is 0 Å². The van der Waals surface area contributed by atoms with Crippen molar-refractivity contribution in [2.75, 3.05) is 13.7 Å². The lowest BCUT2D eigenvalue weighted by Gasteiger charge is -2.55. The molecule has 5 nitrogen and oxygen atoms in total. The van der Waals surface area contributed by atoms with Gasteiger partial charge in [-0.15, -0.1) is 0 Å². The fourth-order valence-electron chi connectivity index (χ4n) is 5.40. The van der Waals surface area contributed by atoms with E-state index >= 15 is 0 Å². The van der Waals surface area contributed by atoms with Crippen LogP contribution in [0.3, 0.4) is 0 Å². The maximum atomic E-state index is 5.67. The second-order valence-corrected chi connectivity index (χ2v) is 7.51. The maximum Gasteiger partial charge on any atom is 0.229 e. The molecule has 1 atom stereocenters. The van der Waals surface area contributed by atoms with Crippen molar-refractivity contribution >= 4 is 0 Å². The second kappa shape index (κ2) is 5.06. The summed E-state index contributed by atoms with van der Waals surface area (Å²) in [5.41, 5.74) is 5.88. The lowest BCUT2D eigenvalue weighted by atomic mass is 9.49. The third kappa shape index (κ3) is 2.30. The average molecular weight is 291 g/mol. The van der Waals surface area contributed by atoms with Crippen molar-refractivity contribution in [3.8, 4) is 0 Å². The Morgan fingerprint density at radius 2 is 1.86 bits per heavy atom. The minimum absolute atomic E-state index is 0.0327. The smallest absolute Gasteiger partial charge is 0.229 e. The first-order valence-electron chi connectivity index (χ1n) is 8.26. The standard InChI is InChI=1S/C16H25N3O2/c1-20-13(9-17)5-14-18-15(19-21-14)16-6-10-2-11(7-16)4-12(3-10)8-16/h10-13H,2-9,17H2,1H3. The van der Waals surface area contributed by atoms with Gasteiger partial charge in [-0.3, -0.25) is 0 Å². The van der Waals surface area contributed by atoms with Crippen LogP contribution < -0.4 is 5.73 Å². The number of ether oxygens (including phenoxy) is 1. The van der Waals surface area contributed by atoms with Gasteiger partial charge in [0.2, 0.25) is 5.89 Å². The number of hydrogen-bond acceptors (Lipinski definition) is 5. The van der Waals surface area contributed by atoms with E-state index in [-0.39, 0.29) is 11.5 Å². The van der Waals surface area contributed by atoms with Crippen LogP contribution in [-0.4, -0.2) is 29.9 Å². The monoisotopic (exact) mass is 291 g/mol. The van der Waals surface area contributed by atoms with Crippen molar-refractivity contribution in [3.63, 3.8) is 0 Å². The van der Waals surface area contributed by atoms with Gasteiger partial charge in [-0.05, 0) is 56.3 Å². The Bertz CT molecular complexity index is 474. The van der Waals surface area contributed by atoms with Gasteiger partial charge in [0, 0.05) is 19.1 Å². The topological polar surface area (TPSA) is 74.2 Å². The number of hydrogen-bond donors (Lipinski definition) is 1. The second-order valence-electron chi connectivity index (χ2n) is 7.51. The van der Waals surface area contributed by atoms with E-state index in [1.807, 2.05) is 0 Å². The highest BCUT2D eigenvalue weighted by molar-refractivity contribution is 5.16. The molecule has 1 heterocycles. The van der Waals surface area contributed by atoms with E-state index in [1.165, 1.54) is 38.5 Å². The molecule has 1 aromatic rings. The summed E-state index contributed by atoms with van der Waals surface area (Å²) in [6.07, 6.45) is 8.68. The van der Waals surface area contributed by atoms with E-state index in [0.29, 0.717) is 18.9 Å². The third-order valence-electron chi connectivity index (χ3n) is 5.98. The normalized spacial score (nSPS) is 38.9. The fraction of sp³-hybridized carbons (Fsp3) is 0.875. The molecule has 0 radical (unpaired) electrons. The van der Waals surface area contributed by atoms with Crippen molar-refractivity contribution < 1.29 is 9.26 Å². The maximum absolute atomic E-state index is 5.67. The van der Waals surface area contributed by atoms with E-state index in [4.69, 9.17) is 20.0 Å². The molecule has 1 unspecified atom stereocenters. The summed E-state index contributed by atoms with van der Waals surface area (Å²) in [5.74, 6) is 4.33. The molecule has 0 spiro atoms. The number of methoxy groups -OCH3 is 1. The van der Waals surface area contributed by atoms with Gasteiger partial charge in [0.25, 0.3) is 0 Å². The summed E-state index contributed by atoms with van der Waals surface area (Å²) in [6, 6.07) is 0. The quantitative estimate of drug-likeness (QED) is 0.898. The molecular formula is C16H25N3O2. The zero-order valence-electron chi connectivity index (χ0n) is 12.8. The van der Waals surface area contributed by atoms with Gasteiger partial charge < -0.3 is 15.0 Å². The van der Waals surface area contributed by atoms with Crippen molar-refractivity contribution in [3.05, 3.63) is 11.7 Å². The van der Waals surface area contributed by atoms with E-state index < -0.39 is 0 Å². The first kappa shape index (κ1) is 13.7. The lowest BCUT2D eigenvalue weighted by Crippen LogP contribution is -2.49. The molecule has 1 aromatic heterocycles. The molecule has 4 aliphatic rings. The summed E-state index contributed by atoms with van der Waals surface area (Å²) in [4.78, 5) is 4.72. The molecule has 21 heavy (non-hydrogen) atoms. The molecule has 2 N–H and O–H groups in total. The molecule has 4 saturated carbocycles. The number of nitrogens with zero attached hydrogens (tertiary/aromatic N) is 2. The summed E-state index contributed by atoms with van der Waals surface area (Å²) >= 11 is 0. The van der Waals surface area contributed by atoms with Crippen LogP contribution in [-0.2, 0) is 16.6 Å². The van der Waals surface area contributed by atoms with Gasteiger partial charge >= 0.3 is 0 Å². The predicted molar refractivity (Wildman–Crippen MR) is 77.7 cm³/mol. The van der Waals surface area contributed by atoms with Crippen LogP contribution in [0.5, 0.6) is 0 Å². The van der Waals surface area contributed by atoms with E-state index in [9.17, 15) is 0 Å². The Hall–Kier alpha value is -0.940. The summed E-state index contributed by atoms with van der Waals surface area (Å²) < 4.78 is 10.8. The minimum Gasteiger partial charge on any atom is -0.380 e. The van der Waals surface area contributed by atoms with Crippen LogP contribution in [0.1, 0.15) is 50.2 Å². The molecule has 4 fully saturated rings. The lowest BCUT2D eigenvalue weighted by molar-refractivity contribution is -0.0103. The highest BCUT2D eigenvalue weighted by Gasteiger charge is 2.53. The van der Waals surface area contributed by atoms with E-state index in [1.54, 1.807) is 7.11 Å². The molecule has 5 heteroatoms. The van der Waals surface area contributed by atoms with Crippen LogP contribution >= 0.6 is 0 Å². The summed E-state index contributed by atoms with van der Waals surface area (Å²) in [5, 5.41) is 4.35. The zero-order valence-corrected chi connectivity index (χ0v) is 12.8. The molecule has 5 rings (SSSR count). The van der Waals surface area contributed by atoms with Crippen molar-refractivity contribution in [2.24, 2.45) is 23.5 Å². The molecule has 116 valence electrons. The molecule has 4 bridgehead atoms. The summed E-state index contributed by atoms with van der Waals surface area (Å²) in [6.45, 7) is 0.478. The van der Waals surface area contributed by atoms with Crippen LogP contribution in [0, 0.1) is 17.8 Å². The van der Waals surface area contributed by atoms with Crippen molar-refractivity contribution in [1.29, 1.82) is 0 Å². The van der Waals surface area contributed by atoms with Gasteiger partial charge in [-0.25, -0.2) is 0 Å². The SMILES string of the molecule is COC(CN)Cc1nc(C23CC4CC(CC(C4)C2)C3)no1. The largest absolute Gasteiger partial charge is 0.380 e. The minimum atomic E-state index is -0.0327. The van der Waals surface area contributed by atoms with Crippen LogP contribution in [0.4, 0.5) is 0 Å². The molecular weight excluding hydrogens is 266 g/mol. The third-order valence-corrected chi connectivity index (χ3v) is 5.98. The fourth-order valence-corrected chi connectivity index (χ4v) is 5.40. The Balaban J connectivity index is 1.55. The van der Waals surface area contributed by atoms with Crippen molar-refractivity contribution in [2.45, 2.75) is 56.5 Å². The number of rotatable bonds is 5. The molecule has 4 aliphatic carbocycles. The van der Waals surface area contributed by atoms with Crippen LogP contribution in [0.15, 0.2) is 4.52 Å². The van der Waals surface area contributed by atoms with Crippen LogP contribution in [0.25, 0.3) is 0 Å². The first-order valence-corrected chi connectivity index (χ1v) is 8.26. The van der Waals surface area contributed by atoms with E-state index in [2.05, 4.69) is 5.16 Å². The van der Waals surface area contributed by atoms with Gasteiger partial charge in [0.15, 0.2) is 5.82 Å². The Morgan fingerprint density at radius 1 is 1.24 bits per heavy atom. The molecule has 0 aromatic carbocycles. The average Bonchev–Trinajstić information content (AvgIpc) is 2.92. The highest BCUT2D eigenvalue weighted by atomic mass is 16.5.